The summed E-state index contributed by atoms with van der Waals surface area (Å²) in [5, 5.41) is 1.05. The van der Waals surface area contributed by atoms with Gasteiger partial charge in [0.15, 0.2) is 0 Å². The maximum Gasteiger partial charge on any atom is 0.211 e. The lowest BCUT2D eigenvalue weighted by atomic mass is 9.78. The minimum absolute atomic E-state index is 0.101. The predicted molar refractivity (Wildman–Crippen MR) is 141 cm³/mol. The highest BCUT2D eigenvalue weighted by Gasteiger charge is 2.42. The average Bonchev–Trinajstić information content (AvgIpc) is 3.27. The number of fused-ring (bicyclic) bond motifs is 1. The summed E-state index contributed by atoms with van der Waals surface area (Å²) in [4.78, 5) is 10.9. The normalized spacial score (nSPS) is 28.2. The lowest BCUT2D eigenvalue weighted by Crippen LogP contribution is -2.48. The number of nitrogens with zero attached hydrogens (tertiary/aromatic N) is 4. The second kappa shape index (κ2) is 10.7. The molecule has 2 saturated heterocycles. The molecule has 5 atom stereocenters. The quantitative estimate of drug-likeness (QED) is 0.560. The van der Waals surface area contributed by atoms with Crippen molar-refractivity contribution >= 4 is 39.0 Å². The van der Waals surface area contributed by atoms with E-state index in [2.05, 4.69) is 26.8 Å². The summed E-state index contributed by atoms with van der Waals surface area (Å²) in [6.45, 7) is 4.22. The first-order valence-corrected chi connectivity index (χ1v) is 14.9. The first kappa shape index (κ1) is 26.1. The Hall–Kier alpha value is -1.53. The highest BCUT2D eigenvalue weighted by Crippen LogP contribution is 2.41. The molecular weight excluding hydrogens is 523 g/mol. The van der Waals surface area contributed by atoms with Crippen LogP contribution in [-0.4, -0.2) is 67.3 Å². The molecule has 1 aliphatic carbocycles. The summed E-state index contributed by atoms with van der Waals surface area (Å²) in [5.74, 6) is 1.24. The molecule has 196 valence electrons. The maximum atomic E-state index is 11.8. The van der Waals surface area contributed by atoms with E-state index in [4.69, 9.17) is 32.9 Å². The third kappa shape index (κ3) is 5.50. The van der Waals surface area contributed by atoms with Gasteiger partial charge in [-0.15, -0.1) is 0 Å². The molecule has 0 aromatic carbocycles. The number of rotatable bonds is 6. The summed E-state index contributed by atoms with van der Waals surface area (Å²) in [6.07, 6.45) is 9.16. The van der Waals surface area contributed by atoms with Gasteiger partial charge in [0.25, 0.3) is 0 Å². The van der Waals surface area contributed by atoms with Crippen LogP contribution in [-0.2, 0) is 14.8 Å². The van der Waals surface area contributed by atoms with Crippen molar-refractivity contribution in [2.45, 2.75) is 50.5 Å². The first-order chi connectivity index (χ1) is 17.2. The number of pyridine rings is 2. The van der Waals surface area contributed by atoms with Gasteiger partial charge in [0.05, 0.1) is 34.6 Å². The fourth-order valence-corrected chi connectivity index (χ4v) is 7.15. The van der Waals surface area contributed by atoms with Crippen LogP contribution in [0.25, 0.3) is 0 Å². The summed E-state index contributed by atoms with van der Waals surface area (Å²) in [6, 6.07) is 4.67. The van der Waals surface area contributed by atoms with Gasteiger partial charge in [-0.1, -0.05) is 29.3 Å². The van der Waals surface area contributed by atoms with Crippen molar-refractivity contribution in [1.82, 2.24) is 25.1 Å². The van der Waals surface area contributed by atoms with Crippen LogP contribution in [0, 0.1) is 5.92 Å². The Labute approximate surface area is 222 Å². The average molecular weight is 556 g/mol. The molecule has 5 rings (SSSR count). The monoisotopic (exact) mass is 554 g/mol. The van der Waals surface area contributed by atoms with E-state index in [1.165, 1.54) is 10.6 Å². The van der Waals surface area contributed by atoms with Gasteiger partial charge in [0.1, 0.15) is 5.82 Å². The van der Waals surface area contributed by atoms with Gasteiger partial charge in [0, 0.05) is 56.4 Å². The molecule has 4 heterocycles. The number of hydrazine groups is 1. The van der Waals surface area contributed by atoms with Gasteiger partial charge in [-0.3, -0.25) is 10.4 Å². The molecule has 12 heteroatoms. The van der Waals surface area contributed by atoms with Crippen molar-refractivity contribution in [1.29, 1.82) is 0 Å². The third-order valence-corrected chi connectivity index (χ3v) is 9.46. The van der Waals surface area contributed by atoms with Crippen molar-refractivity contribution < 1.29 is 13.2 Å². The maximum absolute atomic E-state index is 11.8. The van der Waals surface area contributed by atoms with E-state index in [1.54, 1.807) is 12.4 Å². The Morgan fingerprint density at radius 1 is 1.06 bits per heavy atom. The molecule has 0 spiro atoms. The summed E-state index contributed by atoms with van der Waals surface area (Å²) in [7, 11) is -3.15. The van der Waals surface area contributed by atoms with Crippen LogP contribution in [0.5, 0.6) is 0 Å². The molecule has 9 nitrogen and oxygen atoms in total. The minimum atomic E-state index is -3.15. The van der Waals surface area contributed by atoms with Gasteiger partial charge in [0.2, 0.25) is 10.0 Å². The number of anilines is 1. The molecule has 3 fully saturated rings. The van der Waals surface area contributed by atoms with Crippen molar-refractivity contribution in [3.05, 3.63) is 51.9 Å². The number of hydrogen-bond donors (Lipinski definition) is 2. The molecule has 0 bridgehead atoms. The van der Waals surface area contributed by atoms with E-state index in [-0.39, 0.29) is 18.2 Å². The number of hydrogen-bond acceptors (Lipinski definition) is 8. The largest absolute Gasteiger partial charge is 0.370 e. The number of piperazine rings is 1. The van der Waals surface area contributed by atoms with Gasteiger partial charge in [-0.25, -0.2) is 18.8 Å². The Balaban J connectivity index is 1.22. The van der Waals surface area contributed by atoms with Crippen LogP contribution in [0.3, 0.4) is 0 Å². The molecule has 2 aromatic heterocycles. The molecular formula is C24H32Cl2N6O3S. The van der Waals surface area contributed by atoms with Crippen LogP contribution in [0.1, 0.15) is 49.5 Å². The van der Waals surface area contributed by atoms with E-state index in [1.807, 2.05) is 19.2 Å². The standard InChI is InChI=1S/C24H32Cl2N6O3S/c1-15(23-19(25)13-27-14-20(23)26)35-17-4-5-21-18(11-17)24(30-29-21)16-3-6-22(28-12-16)31-7-9-32(10-8-31)36(2,33)34/h3,6,12-15,17-18,21,24,29-30H,4-5,7-11H2,1-2H3/t15-,17?,18?,21?,24?/m1/s1. The summed E-state index contributed by atoms with van der Waals surface area (Å²) >= 11 is 12.7. The molecule has 36 heavy (non-hydrogen) atoms. The van der Waals surface area contributed by atoms with Crippen molar-refractivity contribution in [2.24, 2.45) is 5.92 Å². The Kier molecular flexibility index (Phi) is 7.74. The number of ether oxygens (including phenoxy) is 1. The molecule has 0 radical (unpaired) electrons. The molecule has 2 aromatic rings. The number of nitrogens with one attached hydrogen (secondary N) is 2. The fourth-order valence-electron chi connectivity index (χ4n) is 5.65. The summed E-state index contributed by atoms with van der Waals surface area (Å²) < 4.78 is 31.5. The Bertz CT molecular complexity index is 1160. The zero-order valence-corrected chi connectivity index (χ0v) is 22.7. The summed E-state index contributed by atoms with van der Waals surface area (Å²) in [5.41, 5.74) is 8.86. The van der Waals surface area contributed by atoms with E-state index in [0.29, 0.717) is 48.2 Å². The van der Waals surface area contributed by atoms with Gasteiger partial charge in [-0.05, 0) is 43.7 Å². The van der Waals surface area contributed by atoms with Gasteiger partial charge < -0.3 is 9.64 Å². The van der Waals surface area contributed by atoms with E-state index >= 15 is 0 Å². The van der Waals surface area contributed by atoms with Gasteiger partial charge >= 0.3 is 0 Å². The first-order valence-electron chi connectivity index (χ1n) is 12.3. The topological polar surface area (TPSA) is 99.7 Å². The zero-order chi connectivity index (χ0) is 25.4. The number of sulfonamides is 1. The Morgan fingerprint density at radius 2 is 1.78 bits per heavy atom. The minimum Gasteiger partial charge on any atom is -0.370 e. The van der Waals surface area contributed by atoms with Crippen LogP contribution >= 0.6 is 23.2 Å². The molecule has 2 N–H and O–H groups in total. The van der Waals surface area contributed by atoms with Crippen LogP contribution in [0.15, 0.2) is 30.7 Å². The van der Waals surface area contributed by atoms with Crippen LogP contribution in [0.2, 0.25) is 10.0 Å². The predicted octanol–water partition coefficient (Wildman–Crippen LogP) is 3.33. The van der Waals surface area contributed by atoms with Crippen molar-refractivity contribution in [2.75, 3.05) is 37.3 Å². The van der Waals surface area contributed by atoms with Crippen LogP contribution < -0.4 is 15.8 Å². The van der Waals surface area contributed by atoms with E-state index < -0.39 is 10.0 Å². The smallest absolute Gasteiger partial charge is 0.211 e. The third-order valence-electron chi connectivity index (χ3n) is 7.56. The lowest BCUT2D eigenvalue weighted by molar-refractivity contribution is -0.0370. The van der Waals surface area contributed by atoms with E-state index in [0.717, 1.165) is 36.2 Å². The molecule has 4 unspecified atom stereocenters. The van der Waals surface area contributed by atoms with Crippen LogP contribution in [0.4, 0.5) is 5.82 Å². The second-order valence-electron chi connectivity index (χ2n) is 9.87. The number of aromatic nitrogens is 2. The van der Waals surface area contributed by atoms with Crippen molar-refractivity contribution in [3.8, 4) is 0 Å². The molecule has 2 aliphatic heterocycles. The number of halogens is 2. The molecule has 3 aliphatic rings. The second-order valence-corrected chi connectivity index (χ2v) is 12.7. The fraction of sp³-hybridized carbons (Fsp3) is 0.583. The Morgan fingerprint density at radius 3 is 2.42 bits per heavy atom. The van der Waals surface area contributed by atoms with Gasteiger partial charge in [-0.2, -0.15) is 4.31 Å². The highest BCUT2D eigenvalue weighted by molar-refractivity contribution is 7.88. The zero-order valence-electron chi connectivity index (χ0n) is 20.4. The SMILES string of the molecule is C[C@@H](OC1CCC2NNC(c3ccc(N4CCN(S(C)(=O)=O)CC4)nc3)C2C1)c1c(Cl)cncc1Cl. The highest BCUT2D eigenvalue weighted by atomic mass is 35.5. The lowest BCUT2D eigenvalue weighted by Gasteiger charge is -2.35. The molecule has 0 amide bonds. The van der Waals surface area contributed by atoms with E-state index in [9.17, 15) is 8.42 Å². The molecule has 1 saturated carbocycles. The van der Waals surface area contributed by atoms with Crippen molar-refractivity contribution in [3.63, 3.8) is 0 Å².